The number of ether oxygens (including phenoxy) is 1. The number of nitrogens with zero attached hydrogens (tertiary/aromatic N) is 4. The van der Waals surface area contributed by atoms with Gasteiger partial charge in [-0.25, -0.2) is 9.97 Å². The molecule has 1 fully saturated rings. The summed E-state index contributed by atoms with van der Waals surface area (Å²) in [5.74, 6) is 1.24. The average Bonchev–Trinajstić information content (AvgIpc) is 3.16. The molecule has 31 heavy (non-hydrogen) atoms. The summed E-state index contributed by atoms with van der Waals surface area (Å²) in [6.07, 6.45) is 1.71. The third-order valence-electron chi connectivity index (χ3n) is 6.21. The molecule has 1 N–H and O–H groups in total. The lowest BCUT2D eigenvalue weighted by molar-refractivity contribution is 0.0787. The molecule has 0 unspecified atom stereocenters. The summed E-state index contributed by atoms with van der Waals surface area (Å²) in [5, 5.41) is 4.34. The first-order valence-corrected chi connectivity index (χ1v) is 11.4. The van der Waals surface area contributed by atoms with Crippen molar-refractivity contribution in [3.63, 3.8) is 0 Å². The number of hydrogen-bond donors (Lipinski definition) is 1. The van der Waals surface area contributed by atoms with Crippen LogP contribution in [0.3, 0.4) is 0 Å². The molecule has 0 saturated carbocycles. The quantitative estimate of drug-likeness (QED) is 0.696. The van der Waals surface area contributed by atoms with E-state index in [0.29, 0.717) is 12.6 Å². The molecule has 3 heterocycles. The van der Waals surface area contributed by atoms with Crippen molar-refractivity contribution in [2.45, 2.75) is 45.4 Å². The molecule has 2 aromatic rings. The molecule has 166 valence electrons. The lowest BCUT2D eigenvalue weighted by Crippen LogP contribution is -2.47. The molecule has 2 aliphatic heterocycles. The molecule has 0 amide bonds. The van der Waals surface area contributed by atoms with Crippen LogP contribution in [0.25, 0.3) is 0 Å². The number of nitrogens with one attached hydrogen (secondary N) is 1. The molecule has 2 atom stereocenters. The lowest BCUT2D eigenvalue weighted by Gasteiger charge is -2.40. The minimum Gasteiger partial charge on any atom is -0.371 e. The van der Waals surface area contributed by atoms with Crippen LogP contribution in [0.4, 0.5) is 5.82 Å². The summed E-state index contributed by atoms with van der Waals surface area (Å²) >= 11 is 6.12. The fourth-order valence-corrected chi connectivity index (χ4v) is 4.52. The van der Waals surface area contributed by atoms with E-state index in [-0.39, 0.29) is 12.0 Å². The Morgan fingerprint density at radius 3 is 2.58 bits per heavy atom. The van der Waals surface area contributed by atoms with Gasteiger partial charge in [-0.3, -0.25) is 0 Å². The molecule has 4 rings (SSSR count). The average molecular weight is 442 g/mol. The largest absolute Gasteiger partial charge is 0.371 e. The zero-order valence-corrected chi connectivity index (χ0v) is 19.4. The van der Waals surface area contributed by atoms with E-state index in [1.807, 2.05) is 12.1 Å². The highest BCUT2D eigenvalue weighted by Gasteiger charge is 2.30. The summed E-state index contributed by atoms with van der Waals surface area (Å²) in [4.78, 5) is 13.8. The van der Waals surface area contributed by atoms with Crippen LogP contribution in [-0.2, 0) is 11.3 Å². The van der Waals surface area contributed by atoms with Crippen molar-refractivity contribution in [1.29, 1.82) is 0 Å². The summed E-state index contributed by atoms with van der Waals surface area (Å²) in [7, 11) is 0. The van der Waals surface area contributed by atoms with E-state index in [0.717, 1.165) is 60.5 Å². The zero-order valence-electron chi connectivity index (χ0n) is 18.6. The Morgan fingerprint density at radius 2 is 1.90 bits per heavy atom. The first-order chi connectivity index (χ1) is 14.9. The second kappa shape index (κ2) is 9.55. The number of aromatic nitrogens is 2. The minimum absolute atomic E-state index is 0.0515. The molecule has 0 bridgehead atoms. The van der Waals surface area contributed by atoms with Crippen molar-refractivity contribution in [2.75, 3.05) is 37.6 Å². The van der Waals surface area contributed by atoms with E-state index in [1.54, 1.807) is 6.33 Å². The van der Waals surface area contributed by atoms with Gasteiger partial charge in [0.25, 0.3) is 0 Å². The van der Waals surface area contributed by atoms with Crippen LogP contribution in [0.15, 0.2) is 42.9 Å². The Hall–Kier alpha value is -2.15. The summed E-state index contributed by atoms with van der Waals surface area (Å²) in [6.45, 7) is 16.0. The number of halogens is 1. The van der Waals surface area contributed by atoms with E-state index in [1.165, 1.54) is 5.56 Å². The summed E-state index contributed by atoms with van der Waals surface area (Å²) < 4.78 is 5.78. The fraction of sp³-hybridized carbons (Fsp3) is 0.500. The van der Waals surface area contributed by atoms with Crippen molar-refractivity contribution >= 4 is 17.4 Å². The van der Waals surface area contributed by atoms with Gasteiger partial charge in [0.2, 0.25) is 0 Å². The van der Waals surface area contributed by atoms with E-state index < -0.39 is 0 Å². The van der Waals surface area contributed by atoms with Gasteiger partial charge in [-0.1, -0.05) is 44.2 Å². The Balaban J connectivity index is 1.46. The highest BCUT2D eigenvalue weighted by molar-refractivity contribution is 6.30. The van der Waals surface area contributed by atoms with Crippen LogP contribution in [0.5, 0.6) is 0 Å². The molecule has 2 aliphatic rings. The molecule has 6 nitrogen and oxygen atoms in total. The molecule has 0 aliphatic carbocycles. The van der Waals surface area contributed by atoms with Gasteiger partial charge < -0.3 is 19.9 Å². The van der Waals surface area contributed by atoms with Crippen molar-refractivity contribution in [3.8, 4) is 0 Å². The van der Waals surface area contributed by atoms with Crippen molar-refractivity contribution in [3.05, 3.63) is 64.7 Å². The Kier molecular flexibility index (Phi) is 6.80. The van der Waals surface area contributed by atoms with E-state index >= 15 is 0 Å². The van der Waals surface area contributed by atoms with Crippen LogP contribution in [-0.4, -0.2) is 53.6 Å². The molecule has 0 radical (unpaired) electrons. The van der Waals surface area contributed by atoms with Gasteiger partial charge in [-0.2, -0.15) is 0 Å². The van der Waals surface area contributed by atoms with Crippen LogP contribution < -0.4 is 10.2 Å². The van der Waals surface area contributed by atoms with Crippen LogP contribution >= 0.6 is 11.6 Å². The number of fused-ring (bicyclic) bond motifs is 1. The number of piperazine rings is 1. The van der Waals surface area contributed by atoms with Crippen LogP contribution in [0, 0.1) is 0 Å². The number of hydrogen-bond acceptors (Lipinski definition) is 6. The van der Waals surface area contributed by atoms with E-state index in [2.05, 4.69) is 64.6 Å². The van der Waals surface area contributed by atoms with E-state index in [4.69, 9.17) is 16.3 Å². The first-order valence-electron chi connectivity index (χ1n) is 11.1. The molecular weight excluding hydrogens is 410 g/mol. The predicted octanol–water partition coefficient (Wildman–Crippen LogP) is 4.14. The summed E-state index contributed by atoms with van der Waals surface area (Å²) in [6, 6.07) is 8.57. The SMILES string of the molecule is C=C([C@H](CNC(C)C)c1ccc(Cl)cc1)N1CCN(c2ncnc3c2[C@H](C)OC3)CC1. The minimum atomic E-state index is 0.0515. The standard InChI is InChI=1S/C24H32ClN5O/c1-16(2)26-13-21(19-5-7-20(25)8-6-19)17(3)29-9-11-30(12-10-29)24-23-18(4)31-14-22(23)27-15-28-24/h5-8,15-16,18,21,26H,3,9-14H2,1-2,4H3/t18-,21-/m0/s1. The normalized spacial score (nSPS) is 19.6. The number of anilines is 1. The Morgan fingerprint density at radius 1 is 1.19 bits per heavy atom. The molecule has 1 aromatic heterocycles. The lowest BCUT2D eigenvalue weighted by atomic mass is 9.94. The predicted molar refractivity (Wildman–Crippen MR) is 125 cm³/mol. The van der Waals surface area contributed by atoms with Gasteiger partial charge in [-0.15, -0.1) is 0 Å². The van der Waals surface area contributed by atoms with Gasteiger partial charge in [0.1, 0.15) is 12.1 Å². The molecule has 0 spiro atoms. The molecule has 1 aromatic carbocycles. The highest BCUT2D eigenvalue weighted by atomic mass is 35.5. The maximum atomic E-state index is 6.12. The number of rotatable bonds is 7. The molecule has 1 saturated heterocycles. The second-order valence-electron chi connectivity index (χ2n) is 8.64. The van der Waals surface area contributed by atoms with Gasteiger partial charge in [-0.05, 0) is 24.6 Å². The molecular formula is C24H32ClN5O. The van der Waals surface area contributed by atoms with Crippen LogP contribution in [0.2, 0.25) is 5.02 Å². The smallest absolute Gasteiger partial charge is 0.138 e. The Labute approximate surface area is 190 Å². The van der Waals surface area contributed by atoms with Crippen molar-refractivity contribution in [1.82, 2.24) is 20.2 Å². The van der Waals surface area contributed by atoms with Crippen LogP contribution in [0.1, 0.15) is 49.6 Å². The van der Waals surface area contributed by atoms with Gasteiger partial charge in [0.15, 0.2) is 0 Å². The third kappa shape index (κ3) is 4.86. The Bertz CT molecular complexity index is 909. The second-order valence-corrected chi connectivity index (χ2v) is 9.08. The van der Waals surface area contributed by atoms with Crippen molar-refractivity contribution < 1.29 is 4.74 Å². The fourth-order valence-electron chi connectivity index (χ4n) is 4.39. The number of benzene rings is 1. The van der Waals surface area contributed by atoms with Crippen molar-refractivity contribution in [2.24, 2.45) is 0 Å². The molecule has 7 heteroatoms. The topological polar surface area (TPSA) is 53.5 Å². The monoisotopic (exact) mass is 441 g/mol. The van der Waals surface area contributed by atoms with Gasteiger partial charge in [0.05, 0.1) is 18.4 Å². The maximum absolute atomic E-state index is 6.12. The van der Waals surface area contributed by atoms with Gasteiger partial charge >= 0.3 is 0 Å². The third-order valence-corrected chi connectivity index (χ3v) is 6.46. The van der Waals surface area contributed by atoms with E-state index in [9.17, 15) is 0 Å². The summed E-state index contributed by atoms with van der Waals surface area (Å²) in [5.41, 5.74) is 4.56. The first kappa shape index (κ1) is 22.1. The highest BCUT2D eigenvalue weighted by Crippen LogP contribution is 2.36. The zero-order chi connectivity index (χ0) is 22.0. The van der Waals surface area contributed by atoms with Gasteiger partial charge in [0, 0.05) is 61.0 Å². The maximum Gasteiger partial charge on any atom is 0.138 e.